The Morgan fingerprint density at radius 1 is 0.607 bits per heavy atom. The van der Waals surface area contributed by atoms with Crippen molar-refractivity contribution in [2.75, 3.05) is 0 Å². The third kappa shape index (κ3) is 8.41. The molecule has 0 N–H and O–H groups in total. The number of aromatic nitrogens is 3. The molecule has 0 fully saturated rings. The van der Waals surface area contributed by atoms with E-state index in [4.69, 9.17) is 4.98 Å². The molecule has 7 heteroatoms. The van der Waals surface area contributed by atoms with E-state index in [9.17, 15) is 8.78 Å². The predicted molar refractivity (Wildman–Crippen MR) is 245 cm³/mol. The topological polar surface area (TPSA) is 30.7 Å². The number of pyridine rings is 1. The second kappa shape index (κ2) is 18.2. The number of hydrogen-bond donors (Lipinski definition) is 0. The van der Waals surface area contributed by atoms with Gasteiger partial charge in [0.25, 0.3) is 0 Å². The number of para-hydroxylation sites is 2. The molecule has 0 saturated heterocycles. The maximum absolute atomic E-state index is 13.2. The number of nitrogens with zero attached hydrogens (tertiary/aromatic N) is 3. The molecule has 61 heavy (non-hydrogen) atoms. The first kappa shape index (κ1) is 42.2. The molecule has 0 aliphatic heterocycles. The van der Waals surface area contributed by atoms with Gasteiger partial charge in [0.05, 0.1) is 0 Å². The minimum absolute atomic E-state index is 0. The molecular formula is C54H41F2IrN3Te-2. The molecule has 3 nitrogen and oxygen atoms in total. The Morgan fingerprint density at radius 3 is 1.92 bits per heavy atom. The standard InChI is InChI=1S/C43H35N2Te.C11H6F2N.Ir/c1-27(2)36-24-32(30-16-9-6-10-17-30)25-37(28(3)4)41(36)45-39-21-12-11-20-38(39)44-43(45)35-19-13-18-34-33-23-22-31(26-40(33)46-42(34)35)29-14-7-5-8-15-29;12-8-4-5-9(10(13)7-8)11-3-1-2-6-14-11;/h5-18,20-28H,1-4H3;1-4,6-7H;/q2*-1;. The van der Waals surface area contributed by atoms with Crippen LogP contribution in [0.5, 0.6) is 0 Å². The van der Waals surface area contributed by atoms with Crippen LogP contribution in [0.1, 0.15) is 50.7 Å². The van der Waals surface area contributed by atoms with E-state index in [-0.39, 0.29) is 25.7 Å². The van der Waals surface area contributed by atoms with E-state index < -0.39 is 32.1 Å². The molecule has 7 aromatic carbocycles. The monoisotopic (exact) mass is 1090 g/mol. The molecule has 3 heterocycles. The summed E-state index contributed by atoms with van der Waals surface area (Å²) in [5.41, 5.74) is 13.0. The first-order chi connectivity index (χ1) is 29.2. The van der Waals surface area contributed by atoms with Crippen LogP contribution < -0.4 is 0 Å². The molecule has 10 aromatic rings. The van der Waals surface area contributed by atoms with Crippen molar-refractivity contribution in [2.45, 2.75) is 39.5 Å². The van der Waals surface area contributed by atoms with Gasteiger partial charge in [-0.3, -0.25) is 8.78 Å². The fourth-order valence-electron chi connectivity index (χ4n) is 7.91. The second-order valence-electron chi connectivity index (χ2n) is 15.5. The normalized spacial score (nSPS) is 11.3. The maximum atomic E-state index is 13.2. The number of benzene rings is 7. The van der Waals surface area contributed by atoms with Crippen molar-refractivity contribution in [1.82, 2.24) is 14.5 Å². The van der Waals surface area contributed by atoms with Crippen molar-refractivity contribution < 1.29 is 28.9 Å². The summed E-state index contributed by atoms with van der Waals surface area (Å²) >= 11 is -0.663. The molecule has 0 spiro atoms. The average molecular weight is 1090 g/mol. The number of imidazole rings is 1. The van der Waals surface area contributed by atoms with E-state index in [0.717, 1.165) is 34.6 Å². The first-order valence-electron chi connectivity index (χ1n) is 20.2. The summed E-state index contributed by atoms with van der Waals surface area (Å²) in [6.07, 6.45) is 1.55. The van der Waals surface area contributed by atoms with Crippen LogP contribution in [0.2, 0.25) is 0 Å². The van der Waals surface area contributed by atoms with Crippen molar-refractivity contribution in [2.24, 2.45) is 0 Å². The third-order valence-electron chi connectivity index (χ3n) is 10.8. The minimum atomic E-state index is -0.663. The number of fused-ring (bicyclic) bond motifs is 4. The van der Waals surface area contributed by atoms with Crippen LogP contribution >= 0.6 is 0 Å². The molecule has 3 aromatic heterocycles. The van der Waals surface area contributed by atoms with E-state index in [1.807, 2.05) is 0 Å². The van der Waals surface area contributed by atoms with Gasteiger partial charge in [-0.1, -0.05) is 23.8 Å². The van der Waals surface area contributed by atoms with Crippen LogP contribution in [-0.4, -0.2) is 35.0 Å². The first-order valence-corrected chi connectivity index (χ1v) is 22.5. The molecule has 1 radical (unpaired) electrons. The van der Waals surface area contributed by atoms with Crippen molar-refractivity contribution in [3.05, 3.63) is 199 Å². The third-order valence-corrected chi connectivity index (χ3v) is 14.2. The van der Waals surface area contributed by atoms with Gasteiger partial charge in [-0.15, -0.1) is 12.1 Å². The summed E-state index contributed by atoms with van der Waals surface area (Å²) in [6.45, 7) is 9.26. The van der Waals surface area contributed by atoms with Gasteiger partial charge in [0, 0.05) is 37.9 Å². The van der Waals surface area contributed by atoms with Crippen LogP contribution in [0.25, 0.3) is 79.2 Å². The van der Waals surface area contributed by atoms with Crippen molar-refractivity contribution in [1.29, 1.82) is 0 Å². The molecule has 0 atom stereocenters. The number of hydrogen-bond acceptors (Lipinski definition) is 2. The summed E-state index contributed by atoms with van der Waals surface area (Å²) in [4.78, 5) is 9.34. The molecule has 0 aliphatic rings. The Hall–Kier alpha value is -5.54. The van der Waals surface area contributed by atoms with E-state index >= 15 is 0 Å². The molecule has 303 valence electrons. The van der Waals surface area contributed by atoms with Gasteiger partial charge in [0.15, 0.2) is 0 Å². The Bertz CT molecular complexity index is 3090. The van der Waals surface area contributed by atoms with Gasteiger partial charge in [-0.05, 0) is 11.8 Å². The zero-order valence-corrected chi connectivity index (χ0v) is 38.8. The van der Waals surface area contributed by atoms with Gasteiger partial charge >= 0.3 is 282 Å². The SMILES string of the molecule is CC(C)c1cc(-c2ccccc2)cc(C(C)C)c1-n1c(-c2[c-]ccc3c2[te]c2cc(-c4ccccc4)ccc23)nc2ccccc21.Fc1c[c-]c(-c2ccccn2)c(F)c1.[Ir]. The summed E-state index contributed by atoms with van der Waals surface area (Å²) in [5.74, 6) is 0.358. The van der Waals surface area contributed by atoms with Gasteiger partial charge in [-0.25, -0.2) is 0 Å². The largest absolute Gasteiger partial charge is 0.305 e. The molecule has 0 unspecified atom stereocenters. The summed E-state index contributed by atoms with van der Waals surface area (Å²) < 4.78 is 31.2. The molecule has 0 bridgehead atoms. The summed E-state index contributed by atoms with van der Waals surface area (Å²) in [6, 6.07) is 59.6. The van der Waals surface area contributed by atoms with Crippen molar-refractivity contribution in [3.8, 4) is 50.6 Å². The van der Waals surface area contributed by atoms with Crippen LogP contribution in [0, 0.1) is 23.8 Å². The average Bonchev–Trinajstić information content (AvgIpc) is 3.85. The van der Waals surface area contributed by atoms with Gasteiger partial charge in [0.2, 0.25) is 0 Å². The summed E-state index contributed by atoms with van der Waals surface area (Å²) in [5, 5.41) is 2.71. The Kier molecular flexibility index (Phi) is 12.6. The van der Waals surface area contributed by atoms with E-state index in [0.29, 0.717) is 17.5 Å². The smallest absolute Gasteiger partial charge is 0.0408 e. The molecular weight excluding hydrogens is 1050 g/mol. The number of halogens is 2. The Morgan fingerprint density at radius 2 is 1.26 bits per heavy atom. The predicted octanol–water partition coefficient (Wildman–Crippen LogP) is 14.3. The molecule has 0 aliphatic carbocycles. The fraction of sp³-hybridized carbons (Fsp3) is 0.111. The minimum Gasteiger partial charge on any atom is -0.305 e. The van der Waals surface area contributed by atoms with E-state index in [1.165, 1.54) is 56.6 Å². The quantitative estimate of drug-likeness (QED) is 0.118. The molecule has 10 rings (SSSR count). The molecule has 0 saturated carbocycles. The Balaban J connectivity index is 0.000000291. The van der Waals surface area contributed by atoms with Crippen LogP contribution in [0.15, 0.2) is 164 Å². The van der Waals surface area contributed by atoms with E-state index in [2.05, 4.69) is 177 Å². The van der Waals surface area contributed by atoms with Crippen molar-refractivity contribution >= 4 is 49.0 Å². The van der Waals surface area contributed by atoms with Gasteiger partial charge < -0.3 is 4.98 Å². The maximum Gasteiger partial charge on any atom is 0.0408 e. The zero-order valence-electron chi connectivity index (χ0n) is 34.1. The van der Waals surface area contributed by atoms with E-state index in [1.54, 1.807) is 24.4 Å². The van der Waals surface area contributed by atoms with Gasteiger partial charge in [-0.2, -0.15) is 0 Å². The second-order valence-corrected chi connectivity index (χ2v) is 18.5. The summed E-state index contributed by atoms with van der Waals surface area (Å²) in [7, 11) is 0. The van der Waals surface area contributed by atoms with Crippen LogP contribution in [0.4, 0.5) is 8.78 Å². The number of rotatable bonds is 7. The zero-order chi connectivity index (χ0) is 41.3. The van der Waals surface area contributed by atoms with Gasteiger partial charge in [0.1, 0.15) is 0 Å². The van der Waals surface area contributed by atoms with Crippen LogP contribution in [0.3, 0.4) is 0 Å². The fourth-order valence-corrected chi connectivity index (χ4v) is 11.4. The van der Waals surface area contributed by atoms with Crippen molar-refractivity contribution in [3.63, 3.8) is 0 Å². The Labute approximate surface area is 378 Å². The molecule has 0 amide bonds. The van der Waals surface area contributed by atoms with Crippen LogP contribution in [-0.2, 0) is 20.1 Å².